The Morgan fingerprint density at radius 3 is 2.58 bits per heavy atom. The Morgan fingerprint density at radius 2 is 2.00 bits per heavy atom. The van der Waals surface area contributed by atoms with Crippen molar-refractivity contribution in [3.05, 3.63) is 48.2 Å². The standard InChI is InChI=1S/C12H9N5OS/c18-11-10(15-12(19)16-11)5-8-1-3-9(4-2-8)17-7-13-6-14-17/h1-7H,(H2,15,16,18,19)/b10-5+. The molecular weight excluding hydrogens is 262 g/mol. The van der Waals surface area contributed by atoms with Crippen molar-refractivity contribution in [1.29, 1.82) is 0 Å². The Balaban J connectivity index is 1.86. The summed E-state index contributed by atoms with van der Waals surface area (Å²) in [6, 6.07) is 7.57. The van der Waals surface area contributed by atoms with Gasteiger partial charge in [0.2, 0.25) is 0 Å². The third-order valence-electron chi connectivity index (χ3n) is 2.61. The lowest BCUT2D eigenvalue weighted by molar-refractivity contribution is -0.115. The Kier molecular flexibility index (Phi) is 2.81. The lowest BCUT2D eigenvalue weighted by atomic mass is 10.1. The van der Waals surface area contributed by atoms with Crippen LogP contribution in [0.5, 0.6) is 0 Å². The zero-order valence-corrected chi connectivity index (χ0v) is 10.5. The average Bonchev–Trinajstić information content (AvgIpc) is 3.01. The molecule has 1 saturated heterocycles. The minimum Gasteiger partial charge on any atom is -0.328 e. The number of hydrogen-bond donors (Lipinski definition) is 2. The van der Waals surface area contributed by atoms with E-state index < -0.39 is 0 Å². The van der Waals surface area contributed by atoms with Crippen molar-refractivity contribution >= 4 is 29.3 Å². The SMILES string of the molecule is O=C1NC(=S)N/C1=C/c1ccc(-n2cncn2)cc1. The summed E-state index contributed by atoms with van der Waals surface area (Å²) in [6.07, 6.45) is 4.83. The summed E-state index contributed by atoms with van der Waals surface area (Å²) in [7, 11) is 0. The number of thiocarbonyl (C=S) groups is 1. The summed E-state index contributed by atoms with van der Waals surface area (Å²) in [5.74, 6) is -0.217. The summed E-state index contributed by atoms with van der Waals surface area (Å²) in [4.78, 5) is 15.4. The number of carbonyl (C=O) groups excluding carboxylic acids is 1. The number of nitrogens with zero attached hydrogens (tertiary/aromatic N) is 3. The van der Waals surface area contributed by atoms with Gasteiger partial charge in [-0.2, -0.15) is 5.10 Å². The van der Waals surface area contributed by atoms with Gasteiger partial charge in [-0.25, -0.2) is 9.67 Å². The molecule has 1 aromatic heterocycles. The van der Waals surface area contributed by atoms with E-state index in [2.05, 4.69) is 20.7 Å². The van der Waals surface area contributed by atoms with Gasteiger partial charge in [0.05, 0.1) is 5.69 Å². The minimum atomic E-state index is -0.217. The van der Waals surface area contributed by atoms with Gasteiger partial charge >= 0.3 is 0 Å². The van der Waals surface area contributed by atoms with Crippen LogP contribution in [0.3, 0.4) is 0 Å². The fourth-order valence-corrected chi connectivity index (χ4v) is 1.92. The van der Waals surface area contributed by atoms with Gasteiger partial charge in [0.1, 0.15) is 18.4 Å². The average molecular weight is 271 g/mol. The van der Waals surface area contributed by atoms with Crippen LogP contribution in [-0.4, -0.2) is 25.8 Å². The molecule has 0 atom stereocenters. The first-order chi connectivity index (χ1) is 9.22. The third-order valence-corrected chi connectivity index (χ3v) is 2.81. The van der Waals surface area contributed by atoms with Gasteiger partial charge in [-0.3, -0.25) is 10.1 Å². The highest BCUT2D eigenvalue weighted by atomic mass is 32.1. The van der Waals surface area contributed by atoms with Gasteiger partial charge < -0.3 is 5.32 Å². The molecule has 2 aromatic rings. The van der Waals surface area contributed by atoms with Crippen LogP contribution < -0.4 is 10.6 Å². The molecule has 1 aliphatic heterocycles. The van der Waals surface area contributed by atoms with E-state index in [9.17, 15) is 4.79 Å². The van der Waals surface area contributed by atoms with Gasteiger partial charge in [0.25, 0.3) is 5.91 Å². The van der Waals surface area contributed by atoms with E-state index in [0.29, 0.717) is 10.8 Å². The van der Waals surface area contributed by atoms with Crippen molar-refractivity contribution < 1.29 is 4.79 Å². The first-order valence-electron chi connectivity index (χ1n) is 5.51. The number of rotatable bonds is 2. The molecule has 2 N–H and O–H groups in total. The molecule has 6 nitrogen and oxygen atoms in total. The minimum absolute atomic E-state index is 0.217. The van der Waals surface area contributed by atoms with E-state index in [1.54, 1.807) is 17.1 Å². The predicted molar refractivity (Wildman–Crippen MR) is 73.2 cm³/mol. The molecule has 0 saturated carbocycles. The number of carbonyl (C=O) groups is 1. The van der Waals surface area contributed by atoms with Crippen LogP contribution in [0, 0.1) is 0 Å². The number of hydrogen-bond acceptors (Lipinski definition) is 4. The maximum Gasteiger partial charge on any atom is 0.273 e. The van der Waals surface area contributed by atoms with Crippen molar-refractivity contribution in [2.24, 2.45) is 0 Å². The predicted octanol–water partition coefficient (Wildman–Crippen LogP) is 0.613. The molecule has 3 rings (SSSR count). The fraction of sp³-hybridized carbons (Fsp3) is 0. The van der Waals surface area contributed by atoms with Gasteiger partial charge in [0.15, 0.2) is 5.11 Å². The van der Waals surface area contributed by atoms with E-state index >= 15 is 0 Å². The normalized spacial score (nSPS) is 16.5. The molecule has 0 unspecified atom stereocenters. The van der Waals surface area contributed by atoms with Gasteiger partial charge in [-0.1, -0.05) is 12.1 Å². The summed E-state index contributed by atoms with van der Waals surface area (Å²) in [5, 5.41) is 9.68. The second-order valence-corrected chi connectivity index (χ2v) is 4.31. The first kappa shape index (κ1) is 11.5. The highest BCUT2D eigenvalue weighted by Crippen LogP contribution is 2.12. The largest absolute Gasteiger partial charge is 0.328 e. The molecule has 1 aromatic carbocycles. The first-order valence-corrected chi connectivity index (χ1v) is 5.92. The van der Waals surface area contributed by atoms with E-state index in [-0.39, 0.29) is 5.91 Å². The van der Waals surface area contributed by atoms with E-state index in [1.165, 1.54) is 6.33 Å². The smallest absolute Gasteiger partial charge is 0.273 e. The van der Waals surface area contributed by atoms with Gasteiger partial charge in [0, 0.05) is 0 Å². The number of nitrogens with one attached hydrogen (secondary N) is 2. The maximum absolute atomic E-state index is 11.5. The Hall–Kier alpha value is -2.54. The van der Waals surface area contributed by atoms with Crippen LogP contribution in [0.25, 0.3) is 11.8 Å². The zero-order valence-electron chi connectivity index (χ0n) is 9.70. The topological polar surface area (TPSA) is 71.8 Å². The molecule has 0 aliphatic carbocycles. The zero-order chi connectivity index (χ0) is 13.2. The molecule has 2 heterocycles. The molecule has 0 radical (unpaired) electrons. The number of benzene rings is 1. The summed E-state index contributed by atoms with van der Waals surface area (Å²) < 4.78 is 1.66. The van der Waals surface area contributed by atoms with Crippen LogP contribution in [0.15, 0.2) is 42.6 Å². The molecule has 1 fully saturated rings. The van der Waals surface area contributed by atoms with Crippen LogP contribution in [0.2, 0.25) is 0 Å². The Morgan fingerprint density at radius 1 is 1.21 bits per heavy atom. The maximum atomic E-state index is 11.5. The highest BCUT2D eigenvalue weighted by Gasteiger charge is 2.19. The van der Waals surface area contributed by atoms with Crippen LogP contribution in [0.4, 0.5) is 0 Å². The van der Waals surface area contributed by atoms with Crippen molar-refractivity contribution in [2.75, 3.05) is 0 Å². The van der Waals surface area contributed by atoms with Crippen molar-refractivity contribution in [3.63, 3.8) is 0 Å². The highest BCUT2D eigenvalue weighted by molar-refractivity contribution is 7.80. The lowest BCUT2D eigenvalue weighted by Crippen LogP contribution is -2.21. The van der Waals surface area contributed by atoms with Crippen molar-refractivity contribution in [2.45, 2.75) is 0 Å². The number of aromatic nitrogens is 3. The lowest BCUT2D eigenvalue weighted by Gasteiger charge is -2.01. The van der Waals surface area contributed by atoms with E-state index in [4.69, 9.17) is 12.2 Å². The van der Waals surface area contributed by atoms with Gasteiger partial charge in [-0.15, -0.1) is 0 Å². The quantitative estimate of drug-likeness (QED) is 0.618. The second-order valence-electron chi connectivity index (χ2n) is 3.90. The van der Waals surface area contributed by atoms with E-state index in [0.717, 1.165) is 11.3 Å². The molecule has 7 heteroatoms. The fourth-order valence-electron chi connectivity index (χ4n) is 1.71. The second kappa shape index (κ2) is 4.62. The van der Waals surface area contributed by atoms with Gasteiger partial charge in [-0.05, 0) is 36.0 Å². The van der Waals surface area contributed by atoms with Crippen molar-refractivity contribution in [1.82, 2.24) is 25.4 Å². The van der Waals surface area contributed by atoms with Crippen LogP contribution in [0.1, 0.15) is 5.56 Å². The summed E-state index contributed by atoms with van der Waals surface area (Å²) in [6.45, 7) is 0. The van der Waals surface area contributed by atoms with Crippen LogP contribution >= 0.6 is 12.2 Å². The van der Waals surface area contributed by atoms with E-state index in [1.807, 2.05) is 24.3 Å². The molecule has 0 spiro atoms. The molecular formula is C12H9N5OS. The monoisotopic (exact) mass is 271 g/mol. The summed E-state index contributed by atoms with van der Waals surface area (Å²) in [5.41, 5.74) is 2.24. The Labute approximate surface area is 114 Å². The van der Waals surface area contributed by atoms with Crippen molar-refractivity contribution in [3.8, 4) is 5.69 Å². The third kappa shape index (κ3) is 2.36. The summed E-state index contributed by atoms with van der Waals surface area (Å²) >= 11 is 4.86. The molecule has 1 aliphatic rings. The molecule has 19 heavy (non-hydrogen) atoms. The molecule has 0 bridgehead atoms. The molecule has 1 amide bonds. The molecule has 94 valence electrons. The van der Waals surface area contributed by atoms with Crippen LogP contribution in [-0.2, 0) is 4.79 Å². The Bertz CT molecular complexity index is 660. The number of amides is 1.